The molecule has 0 aliphatic carbocycles. The molecule has 9 heteroatoms. The quantitative estimate of drug-likeness (QED) is 0.490. The summed E-state index contributed by atoms with van der Waals surface area (Å²) >= 11 is 1.22. The van der Waals surface area contributed by atoms with Crippen LogP contribution in [0.2, 0.25) is 0 Å². The number of hydrogen-bond donors (Lipinski definition) is 2. The Bertz CT molecular complexity index is 1220. The van der Waals surface area contributed by atoms with Crippen molar-refractivity contribution >= 4 is 33.1 Å². The van der Waals surface area contributed by atoms with Crippen LogP contribution in [0.1, 0.15) is 0 Å². The molecule has 2 N–H and O–H groups in total. The van der Waals surface area contributed by atoms with Gasteiger partial charge in [-0.25, -0.2) is 4.79 Å². The maximum Gasteiger partial charge on any atom is 0.346 e. The molecule has 0 amide bonds. The third-order valence-corrected chi connectivity index (χ3v) is 4.88. The lowest BCUT2D eigenvalue weighted by Crippen LogP contribution is -2.02. The van der Waals surface area contributed by atoms with Gasteiger partial charge in [0.15, 0.2) is 16.5 Å². The van der Waals surface area contributed by atoms with Gasteiger partial charge in [-0.15, -0.1) is 10.2 Å². The van der Waals surface area contributed by atoms with Crippen molar-refractivity contribution in [2.75, 3.05) is 19.5 Å². The Labute approximate surface area is 163 Å². The number of aromatic nitrogens is 2. The molecule has 0 radical (unpaired) electrons. The molecule has 0 bridgehead atoms. The fourth-order valence-electron chi connectivity index (χ4n) is 2.67. The van der Waals surface area contributed by atoms with Gasteiger partial charge in [0.1, 0.15) is 11.3 Å². The number of phenols is 1. The van der Waals surface area contributed by atoms with Gasteiger partial charge in [0, 0.05) is 23.2 Å². The molecule has 0 saturated heterocycles. The number of rotatable bonds is 5. The van der Waals surface area contributed by atoms with Crippen molar-refractivity contribution in [3.05, 3.63) is 52.9 Å². The number of anilines is 2. The van der Waals surface area contributed by atoms with Crippen molar-refractivity contribution < 1.29 is 19.0 Å². The molecule has 4 aromatic rings. The van der Waals surface area contributed by atoms with E-state index in [1.54, 1.807) is 38.5 Å². The molecule has 4 rings (SSSR count). The summed E-state index contributed by atoms with van der Waals surface area (Å²) in [7, 11) is 3.13. The summed E-state index contributed by atoms with van der Waals surface area (Å²) in [6, 6.07) is 11.6. The number of aromatic hydroxyl groups is 1. The van der Waals surface area contributed by atoms with E-state index < -0.39 is 5.63 Å². The van der Waals surface area contributed by atoms with Crippen molar-refractivity contribution in [2.45, 2.75) is 0 Å². The Kier molecular flexibility index (Phi) is 4.58. The largest absolute Gasteiger partial charge is 0.508 e. The highest BCUT2D eigenvalue weighted by Crippen LogP contribution is 2.33. The van der Waals surface area contributed by atoms with Gasteiger partial charge in [-0.3, -0.25) is 0 Å². The van der Waals surface area contributed by atoms with E-state index in [1.807, 2.05) is 6.07 Å². The highest BCUT2D eigenvalue weighted by molar-refractivity contribution is 7.18. The van der Waals surface area contributed by atoms with E-state index in [1.165, 1.54) is 23.5 Å². The summed E-state index contributed by atoms with van der Waals surface area (Å²) in [5.41, 5.74) is 0.797. The zero-order chi connectivity index (χ0) is 19.7. The number of nitrogens with one attached hydrogen (secondary N) is 1. The molecule has 0 aliphatic heterocycles. The van der Waals surface area contributed by atoms with E-state index in [4.69, 9.17) is 13.9 Å². The van der Waals surface area contributed by atoms with E-state index in [9.17, 15) is 9.90 Å². The Balaban J connectivity index is 1.65. The van der Waals surface area contributed by atoms with Gasteiger partial charge in [0.25, 0.3) is 0 Å². The maximum atomic E-state index is 12.3. The predicted molar refractivity (Wildman–Crippen MR) is 106 cm³/mol. The van der Waals surface area contributed by atoms with Gasteiger partial charge in [-0.05, 0) is 30.3 Å². The minimum absolute atomic E-state index is 0.0284. The molecule has 0 saturated carbocycles. The average molecular weight is 397 g/mol. The zero-order valence-electron chi connectivity index (χ0n) is 14.9. The van der Waals surface area contributed by atoms with Gasteiger partial charge in [0.2, 0.25) is 5.13 Å². The number of hydrogen-bond acceptors (Lipinski definition) is 9. The topological polar surface area (TPSA) is 107 Å². The normalized spacial score (nSPS) is 10.8. The number of phenolic OH excluding ortho intramolecular Hbond substituents is 1. The van der Waals surface area contributed by atoms with Crippen LogP contribution >= 0.6 is 11.3 Å². The second-order valence-corrected chi connectivity index (χ2v) is 6.75. The van der Waals surface area contributed by atoms with E-state index in [-0.39, 0.29) is 5.75 Å². The van der Waals surface area contributed by atoms with Crippen molar-refractivity contribution in [3.8, 4) is 27.8 Å². The highest BCUT2D eigenvalue weighted by atomic mass is 32.1. The molecule has 142 valence electrons. The first-order valence-electron chi connectivity index (χ1n) is 8.17. The molecule has 2 aromatic heterocycles. The lowest BCUT2D eigenvalue weighted by Gasteiger charge is -2.09. The van der Waals surface area contributed by atoms with Crippen molar-refractivity contribution in [1.29, 1.82) is 0 Å². The van der Waals surface area contributed by atoms with Gasteiger partial charge in [-0.2, -0.15) is 0 Å². The van der Waals surface area contributed by atoms with Crippen LogP contribution in [0, 0.1) is 0 Å². The second kappa shape index (κ2) is 7.20. The number of fused-ring (bicyclic) bond motifs is 1. The summed E-state index contributed by atoms with van der Waals surface area (Å²) in [6.07, 6.45) is 0. The number of methoxy groups -OCH3 is 2. The first-order chi connectivity index (χ1) is 13.6. The SMILES string of the molecule is COc1ccc(Nc2nnc(-c3cc4ccc(O)cc4oc3=O)s2)cc1OC. The van der Waals surface area contributed by atoms with E-state index in [0.29, 0.717) is 38.2 Å². The predicted octanol–water partition coefficient (Wildman–Crippen LogP) is 3.78. The Morgan fingerprint density at radius 2 is 1.86 bits per heavy atom. The lowest BCUT2D eigenvalue weighted by atomic mass is 10.2. The van der Waals surface area contributed by atoms with Crippen LogP contribution in [0.15, 0.2) is 51.7 Å². The minimum Gasteiger partial charge on any atom is -0.508 e. The standard InChI is InChI=1S/C19H15N3O5S/c1-25-14-6-4-11(8-16(14)26-2)20-19-22-21-17(28-19)13-7-10-3-5-12(23)9-15(10)27-18(13)24/h3-9,23H,1-2H3,(H,20,22). The monoisotopic (exact) mass is 397 g/mol. The van der Waals surface area contributed by atoms with Gasteiger partial charge in [-0.1, -0.05) is 11.3 Å². The number of benzene rings is 2. The summed E-state index contributed by atoms with van der Waals surface area (Å²) in [6.45, 7) is 0. The molecule has 2 aromatic carbocycles. The Hall–Kier alpha value is -3.59. The van der Waals surface area contributed by atoms with Crippen molar-refractivity contribution in [1.82, 2.24) is 10.2 Å². The molecule has 0 aliphatic rings. The first kappa shape index (κ1) is 17.8. The molecule has 28 heavy (non-hydrogen) atoms. The molecular weight excluding hydrogens is 382 g/mol. The van der Waals surface area contributed by atoms with Crippen molar-refractivity contribution in [2.24, 2.45) is 0 Å². The summed E-state index contributed by atoms with van der Waals surface area (Å²) in [5, 5.41) is 22.4. The van der Waals surface area contributed by atoms with Gasteiger partial charge < -0.3 is 24.3 Å². The molecule has 0 fully saturated rings. The van der Waals surface area contributed by atoms with E-state index in [0.717, 1.165) is 5.69 Å². The second-order valence-electron chi connectivity index (χ2n) is 5.78. The first-order valence-corrected chi connectivity index (χ1v) is 8.99. The van der Waals surface area contributed by atoms with Crippen LogP contribution in [0.5, 0.6) is 17.2 Å². The molecule has 2 heterocycles. The molecule has 0 atom stereocenters. The third-order valence-electron chi connectivity index (χ3n) is 4.01. The number of ether oxygens (including phenoxy) is 2. The lowest BCUT2D eigenvalue weighted by molar-refractivity contribution is 0.355. The maximum absolute atomic E-state index is 12.3. The van der Waals surface area contributed by atoms with Gasteiger partial charge >= 0.3 is 5.63 Å². The number of nitrogens with zero attached hydrogens (tertiary/aromatic N) is 2. The van der Waals surface area contributed by atoms with Gasteiger partial charge in [0.05, 0.1) is 19.8 Å². The van der Waals surface area contributed by atoms with Crippen LogP contribution in [0.3, 0.4) is 0 Å². The van der Waals surface area contributed by atoms with Crippen LogP contribution in [0.4, 0.5) is 10.8 Å². The minimum atomic E-state index is -0.549. The van der Waals surface area contributed by atoms with Crippen molar-refractivity contribution in [3.63, 3.8) is 0 Å². The fraction of sp³-hybridized carbons (Fsp3) is 0.105. The third kappa shape index (κ3) is 3.35. The van der Waals surface area contributed by atoms with E-state index >= 15 is 0 Å². The molecule has 8 nitrogen and oxygen atoms in total. The fourth-order valence-corrected chi connectivity index (χ4v) is 3.44. The van der Waals surface area contributed by atoms with E-state index in [2.05, 4.69) is 15.5 Å². The molecular formula is C19H15N3O5S. The van der Waals surface area contributed by atoms with Crippen LogP contribution in [-0.4, -0.2) is 29.5 Å². The average Bonchev–Trinajstić information content (AvgIpc) is 3.15. The van der Waals surface area contributed by atoms with Crippen LogP contribution < -0.4 is 20.4 Å². The molecule has 0 spiro atoms. The highest BCUT2D eigenvalue weighted by Gasteiger charge is 2.14. The van der Waals surface area contributed by atoms with Crippen LogP contribution in [-0.2, 0) is 0 Å². The Morgan fingerprint density at radius 3 is 2.64 bits per heavy atom. The smallest absolute Gasteiger partial charge is 0.346 e. The van der Waals surface area contributed by atoms with Crippen LogP contribution in [0.25, 0.3) is 21.5 Å². The Morgan fingerprint density at radius 1 is 1.04 bits per heavy atom. The summed E-state index contributed by atoms with van der Waals surface area (Å²) < 4.78 is 15.8. The summed E-state index contributed by atoms with van der Waals surface area (Å²) in [5.74, 6) is 1.22. The molecule has 0 unspecified atom stereocenters. The summed E-state index contributed by atoms with van der Waals surface area (Å²) in [4.78, 5) is 12.3. The zero-order valence-corrected chi connectivity index (χ0v) is 15.7.